The van der Waals surface area contributed by atoms with E-state index in [9.17, 15) is 28.4 Å². The van der Waals surface area contributed by atoms with Crippen molar-refractivity contribution in [3.63, 3.8) is 0 Å². The van der Waals surface area contributed by atoms with Gasteiger partial charge in [0.05, 0.1) is 29.5 Å². The van der Waals surface area contributed by atoms with Crippen molar-refractivity contribution in [1.82, 2.24) is 16.0 Å². The van der Waals surface area contributed by atoms with Crippen LogP contribution >= 0.6 is 23.7 Å². The summed E-state index contributed by atoms with van der Waals surface area (Å²) >= 11 is 0.930. The van der Waals surface area contributed by atoms with E-state index in [0.717, 1.165) is 11.3 Å². The number of methoxy groups -OCH3 is 1. The Kier molecular flexibility index (Phi) is 16.9. The van der Waals surface area contributed by atoms with Crippen LogP contribution in [0.4, 0.5) is 9.39 Å². The quantitative estimate of drug-likeness (QED) is 0.130. The van der Waals surface area contributed by atoms with E-state index in [0.29, 0.717) is 30.4 Å². The maximum Gasteiger partial charge on any atom is 0.341 e. The van der Waals surface area contributed by atoms with E-state index in [-0.39, 0.29) is 58.7 Å². The van der Waals surface area contributed by atoms with E-state index >= 15 is 0 Å². The second-order valence-corrected chi connectivity index (χ2v) is 12.7. The fourth-order valence-electron chi connectivity index (χ4n) is 4.79. The largest absolute Gasteiger partial charge is 0.465 e. The summed E-state index contributed by atoms with van der Waals surface area (Å²) < 4.78 is 18.3. The van der Waals surface area contributed by atoms with Gasteiger partial charge in [0.25, 0.3) is 5.91 Å². The molecule has 2 aromatic rings. The summed E-state index contributed by atoms with van der Waals surface area (Å²) in [6, 6.07) is 4.11. The molecule has 0 fully saturated rings. The Morgan fingerprint density at radius 1 is 0.913 bits per heavy atom. The Morgan fingerprint density at radius 3 is 2.04 bits per heavy atom. The number of ether oxygens (including phenoxy) is 1. The van der Waals surface area contributed by atoms with Crippen LogP contribution in [0.3, 0.4) is 0 Å². The fraction of sp³-hybridized carbons (Fsp3) is 0.531. The average molecular weight is 684 g/mol. The predicted molar refractivity (Wildman–Crippen MR) is 180 cm³/mol. The lowest BCUT2D eigenvalue weighted by atomic mass is 9.95. The van der Waals surface area contributed by atoms with Crippen LogP contribution < -0.4 is 27.0 Å². The van der Waals surface area contributed by atoms with Gasteiger partial charge < -0.3 is 31.7 Å². The molecule has 0 saturated heterocycles. The molecule has 0 saturated carbocycles. The minimum absolute atomic E-state index is 0. The smallest absolute Gasteiger partial charge is 0.341 e. The molecular weight excluding hydrogens is 637 g/mol. The summed E-state index contributed by atoms with van der Waals surface area (Å²) in [4.78, 5) is 64.6. The zero-order valence-electron chi connectivity index (χ0n) is 27.5. The molecule has 3 atom stereocenters. The fourth-order valence-corrected chi connectivity index (χ4v) is 5.91. The first kappa shape index (κ1) is 40.5. The number of carbonyl (C=O) groups excluding carboxylic acids is 5. The third-order valence-corrected chi connectivity index (χ3v) is 8.29. The molecule has 1 aromatic carbocycles. The highest BCUT2D eigenvalue weighted by Crippen LogP contribution is 2.35. The first-order valence-corrected chi connectivity index (χ1v) is 15.9. The minimum atomic E-state index is -0.776. The van der Waals surface area contributed by atoms with E-state index in [4.69, 9.17) is 10.5 Å². The van der Waals surface area contributed by atoms with Crippen molar-refractivity contribution in [3.05, 3.63) is 51.7 Å². The number of nitrogens with two attached hydrogens (primary N) is 1. The van der Waals surface area contributed by atoms with Crippen molar-refractivity contribution in [3.8, 4) is 0 Å². The van der Waals surface area contributed by atoms with Crippen molar-refractivity contribution in [2.24, 2.45) is 17.6 Å². The maximum absolute atomic E-state index is 13.4. The highest BCUT2D eigenvalue weighted by Gasteiger charge is 2.29. The van der Waals surface area contributed by atoms with Crippen LogP contribution in [0.25, 0.3) is 0 Å². The average Bonchev–Trinajstić information content (AvgIpc) is 3.30. The number of benzene rings is 1. The van der Waals surface area contributed by atoms with Gasteiger partial charge in [-0.05, 0) is 61.3 Å². The number of nitrogens with one attached hydrogen (secondary N) is 4. The first-order valence-electron chi connectivity index (χ1n) is 15.1. The first-order chi connectivity index (χ1) is 21.2. The second kappa shape index (κ2) is 19.2. The van der Waals surface area contributed by atoms with Gasteiger partial charge in [0.2, 0.25) is 17.7 Å². The molecule has 2 rings (SSSR count). The number of carbonyl (C=O) groups is 5. The molecule has 0 spiro atoms. The van der Waals surface area contributed by atoms with Crippen molar-refractivity contribution < 1.29 is 33.1 Å². The molecule has 0 aliphatic rings. The van der Waals surface area contributed by atoms with E-state index in [1.54, 1.807) is 6.92 Å². The summed E-state index contributed by atoms with van der Waals surface area (Å²) in [5.41, 5.74) is 6.98. The van der Waals surface area contributed by atoms with Crippen molar-refractivity contribution >= 4 is 58.3 Å². The van der Waals surface area contributed by atoms with Gasteiger partial charge in [0.15, 0.2) is 0 Å². The second-order valence-electron chi connectivity index (χ2n) is 11.7. The molecule has 1 aromatic heterocycles. The zero-order valence-corrected chi connectivity index (χ0v) is 29.1. The van der Waals surface area contributed by atoms with Gasteiger partial charge in [-0.3, -0.25) is 19.2 Å². The predicted octanol–water partition coefficient (Wildman–Crippen LogP) is 4.29. The zero-order chi connectivity index (χ0) is 33.8. The van der Waals surface area contributed by atoms with E-state index < -0.39 is 47.5 Å². The van der Waals surface area contributed by atoms with Gasteiger partial charge in [-0.25, -0.2) is 9.18 Å². The molecule has 0 aliphatic heterocycles. The Labute approximate surface area is 280 Å². The van der Waals surface area contributed by atoms with Gasteiger partial charge in [0.1, 0.15) is 16.9 Å². The Morgan fingerprint density at radius 2 is 1.50 bits per heavy atom. The number of hydrogen-bond acceptors (Lipinski definition) is 8. The Balaban J connectivity index is 0.0000106. The molecule has 6 N–H and O–H groups in total. The Hall–Kier alpha value is -3.55. The maximum atomic E-state index is 13.4. The molecule has 1 heterocycles. The summed E-state index contributed by atoms with van der Waals surface area (Å²) in [6.45, 7) is 11.3. The molecular formula is C32H47ClFN5O6S. The molecule has 0 aliphatic carbocycles. The van der Waals surface area contributed by atoms with Gasteiger partial charge in [-0.15, -0.1) is 23.7 Å². The third kappa shape index (κ3) is 11.7. The molecule has 4 amide bonds. The lowest BCUT2D eigenvalue weighted by Crippen LogP contribution is -2.53. The lowest BCUT2D eigenvalue weighted by molar-refractivity contribution is -0.130. The van der Waals surface area contributed by atoms with Crippen LogP contribution in [-0.4, -0.2) is 61.9 Å². The van der Waals surface area contributed by atoms with Crippen LogP contribution in [0.1, 0.15) is 91.0 Å². The number of anilines is 1. The summed E-state index contributed by atoms with van der Waals surface area (Å²) in [5, 5.41) is 11.1. The highest BCUT2D eigenvalue weighted by molar-refractivity contribution is 7.18. The number of hydrogen-bond donors (Lipinski definition) is 5. The third-order valence-electron chi connectivity index (χ3n) is 7.09. The number of thiophene rings is 1. The van der Waals surface area contributed by atoms with Crippen LogP contribution in [0.2, 0.25) is 0 Å². The number of halogens is 2. The van der Waals surface area contributed by atoms with Crippen LogP contribution in [0.5, 0.6) is 0 Å². The van der Waals surface area contributed by atoms with Crippen LogP contribution in [0, 0.1) is 24.6 Å². The normalized spacial score (nSPS) is 12.8. The summed E-state index contributed by atoms with van der Waals surface area (Å²) in [7, 11) is 1.20. The SMILES string of the molecule is CCC(C(=O)Nc1sc(C(=O)NCCNC(=O)[C@H](CC(C)C)NC(=O)[C@@H](N)CC(C)C)c(C)c1C(=O)OC)c1ccc(F)cc1.Cl. The molecule has 0 bridgehead atoms. The lowest BCUT2D eigenvalue weighted by Gasteiger charge is -2.22. The van der Waals surface area contributed by atoms with Crippen molar-refractivity contribution in [1.29, 1.82) is 0 Å². The molecule has 14 heteroatoms. The molecule has 0 radical (unpaired) electrons. The standard InChI is InChI=1S/C32H46FN5O6S.ClH/c1-8-22(20-9-11-21(33)12-10-20)27(39)38-31-25(32(43)44-7)19(6)26(45-31)30(42)36-14-13-35-29(41)24(16-18(4)5)37-28(40)23(34)15-17(2)3;/h9-12,17-18,22-24H,8,13-16,34H2,1-7H3,(H,35,41)(H,36,42)(H,37,40)(H,38,39);1H/t22?,23-,24-;/m0./s1. The highest BCUT2D eigenvalue weighted by atomic mass is 35.5. The minimum Gasteiger partial charge on any atom is -0.465 e. The summed E-state index contributed by atoms with van der Waals surface area (Å²) in [5.74, 6) is -3.10. The molecule has 11 nitrogen and oxygen atoms in total. The van der Waals surface area contributed by atoms with Gasteiger partial charge in [-0.1, -0.05) is 46.8 Å². The van der Waals surface area contributed by atoms with E-state index in [1.165, 1.54) is 31.4 Å². The molecule has 256 valence electrons. The number of amides is 4. The number of rotatable bonds is 16. The monoisotopic (exact) mass is 683 g/mol. The molecule has 1 unspecified atom stereocenters. The Bertz CT molecular complexity index is 1350. The molecule has 46 heavy (non-hydrogen) atoms. The van der Waals surface area contributed by atoms with Crippen LogP contribution in [0.15, 0.2) is 24.3 Å². The van der Waals surface area contributed by atoms with E-state index in [2.05, 4.69) is 21.3 Å². The van der Waals surface area contributed by atoms with Crippen molar-refractivity contribution in [2.75, 3.05) is 25.5 Å². The number of esters is 1. The van der Waals surface area contributed by atoms with Gasteiger partial charge in [-0.2, -0.15) is 0 Å². The van der Waals surface area contributed by atoms with Gasteiger partial charge in [0, 0.05) is 13.1 Å². The van der Waals surface area contributed by atoms with Crippen LogP contribution in [-0.2, 0) is 19.1 Å². The topological polar surface area (TPSA) is 169 Å². The summed E-state index contributed by atoms with van der Waals surface area (Å²) in [6.07, 6.45) is 1.32. The van der Waals surface area contributed by atoms with E-state index in [1.807, 2.05) is 34.6 Å². The van der Waals surface area contributed by atoms with Crippen molar-refractivity contribution in [2.45, 2.75) is 78.8 Å². The van der Waals surface area contributed by atoms with Gasteiger partial charge >= 0.3 is 5.97 Å².